The second-order valence-corrected chi connectivity index (χ2v) is 7.76. The minimum absolute atomic E-state index is 0.0346. The fourth-order valence-corrected chi connectivity index (χ4v) is 3.76. The third kappa shape index (κ3) is 5.20. The predicted molar refractivity (Wildman–Crippen MR) is 128 cm³/mol. The molecular formula is C25H26N6O3. The highest BCUT2D eigenvalue weighted by molar-refractivity contribution is 5.97. The molecule has 4 rings (SSSR count). The van der Waals surface area contributed by atoms with E-state index in [0.717, 1.165) is 11.1 Å². The number of hydrogen-bond acceptors (Lipinski definition) is 6. The summed E-state index contributed by atoms with van der Waals surface area (Å²) in [5.74, 6) is 0.183. The standard InChI is InChI=1S/C25H26N6O3/c1-3-22(25(33)27-19-10-12-20(34-2)13-11-19)30(16-18-7-6-14-26-15-18)24(32)17-31-23-9-5-4-8-21(23)28-29-31/h4-15,22H,3,16-17H2,1-2H3,(H,27,33)/t22-/m1/s1. The molecule has 174 valence electrons. The molecule has 0 saturated carbocycles. The van der Waals surface area contributed by atoms with E-state index in [9.17, 15) is 9.59 Å². The smallest absolute Gasteiger partial charge is 0.247 e. The van der Waals surface area contributed by atoms with Gasteiger partial charge in [0.2, 0.25) is 11.8 Å². The molecule has 0 saturated heterocycles. The predicted octanol–water partition coefficient (Wildman–Crippen LogP) is 3.28. The molecule has 9 nitrogen and oxygen atoms in total. The van der Waals surface area contributed by atoms with E-state index in [1.807, 2.05) is 37.3 Å². The summed E-state index contributed by atoms with van der Waals surface area (Å²) < 4.78 is 6.73. The maximum atomic E-state index is 13.5. The Morgan fingerprint density at radius 2 is 1.88 bits per heavy atom. The zero-order chi connectivity index (χ0) is 23.9. The third-order valence-electron chi connectivity index (χ3n) is 5.52. The lowest BCUT2D eigenvalue weighted by Crippen LogP contribution is -2.47. The number of hydrogen-bond donors (Lipinski definition) is 1. The van der Waals surface area contributed by atoms with Gasteiger partial charge in [-0.05, 0) is 54.4 Å². The lowest BCUT2D eigenvalue weighted by Gasteiger charge is -2.30. The van der Waals surface area contributed by atoms with Crippen LogP contribution in [0.3, 0.4) is 0 Å². The number of benzene rings is 2. The van der Waals surface area contributed by atoms with Gasteiger partial charge in [-0.25, -0.2) is 4.68 Å². The number of aromatic nitrogens is 4. The summed E-state index contributed by atoms with van der Waals surface area (Å²) in [6, 6.07) is 17.5. The average molecular weight is 459 g/mol. The molecule has 1 atom stereocenters. The summed E-state index contributed by atoms with van der Waals surface area (Å²) in [5.41, 5.74) is 2.92. The molecule has 34 heavy (non-hydrogen) atoms. The molecule has 0 aliphatic carbocycles. The Balaban J connectivity index is 1.58. The van der Waals surface area contributed by atoms with Gasteiger partial charge in [-0.15, -0.1) is 5.10 Å². The van der Waals surface area contributed by atoms with Crippen LogP contribution in [0.15, 0.2) is 73.1 Å². The number of methoxy groups -OCH3 is 1. The Morgan fingerprint density at radius 1 is 1.09 bits per heavy atom. The zero-order valence-electron chi connectivity index (χ0n) is 19.1. The van der Waals surface area contributed by atoms with Crippen LogP contribution >= 0.6 is 0 Å². The topological polar surface area (TPSA) is 102 Å². The van der Waals surface area contributed by atoms with Crippen molar-refractivity contribution < 1.29 is 14.3 Å². The van der Waals surface area contributed by atoms with Crippen molar-refractivity contribution in [2.75, 3.05) is 12.4 Å². The Labute approximate surface area is 197 Å². The molecule has 0 radical (unpaired) electrons. The van der Waals surface area contributed by atoms with Gasteiger partial charge in [-0.3, -0.25) is 14.6 Å². The molecular weight excluding hydrogens is 432 g/mol. The summed E-state index contributed by atoms with van der Waals surface area (Å²) in [7, 11) is 1.58. The van der Waals surface area contributed by atoms with Crippen LogP contribution in [0.2, 0.25) is 0 Å². The van der Waals surface area contributed by atoms with Crippen LogP contribution in [-0.4, -0.2) is 49.8 Å². The summed E-state index contributed by atoms with van der Waals surface area (Å²) in [6.45, 7) is 2.09. The van der Waals surface area contributed by atoms with Gasteiger partial charge < -0.3 is 15.0 Å². The summed E-state index contributed by atoms with van der Waals surface area (Å²) in [5, 5.41) is 11.2. The number of nitrogens with zero attached hydrogens (tertiary/aromatic N) is 5. The van der Waals surface area contributed by atoms with Gasteiger partial charge in [0.05, 0.1) is 12.6 Å². The van der Waals surface area contributed by atoms with E-state index in [-0.39, 0.29) is 24.9 Å². The third-order valence-corrected chi connectivity index (χ3v) is 5.52. The van der Waals surface area contributed by atoms with Gasteiger partial charge in [-0.2, -0.15) is 0 Å². The van der Waals surface area contributed by atoms with Crippen molar-refractivity contribution in [3.05, 3.63) is 78.6 Å². The van der Waals surface area contributed by atoms with Gasteiger partial charge >= 0.3 is 0 Å². The van der Waals surface area contributed by atoms with Crippen LogP contribution in [0.25, 0.3) is 11.0 Å². The Morgan fingerprint density at radius 3 is 2.59 bits per heavy atom. The number of carbonyl (C=O) groups is 2. The monoisotopic (exact) mass is 458 g/mol. The number of fused-ring (bicyclic) bond motifs is 1. The molecule has 2 aromatic heterocycles. The number of nitrogens with one attached hydrogen (secondary N) is 1. The van der Waals surface area contributed by atoms with E-state index in [2.05, 4.69) is 20.6 Å². The first-order chi connectivity index (χ1) is 16.6. The molecule has 1 N–H and O–H groups in total. The summed E-state index contributed by atoms with van der Waals surface area (Å²) in [6.07, 6.45) is 3.80. The quantitative estimate of drug-likeness (QED) is 0.413. The van der Waals surface area contributed by atoms with Gasteiger partial charge in [-0.1, -0.05) is 30.3 Å². The summed E-state index contributed by atoms with van der Waals surface area (Å²) in [4.78, 5) is 32.5. The molecule has 0 bridgehead atoms. The van der Waals surface area contributed by atoms with Crippen molar-refractivity contribution in [3.8, 4) is 5.75 Å². The second kappa shape index (κ2) is 10.6. The number of rotatable bonds is 9. The maximum Gasteiger partial charge on any atom is 0.247 e. The Kier molecular flexibility index (Phi) is 7.12. The van der Waals surface area contributed by atoms with E-state index in [0.29, 0.717) is 23.4 Å². The molecule has 0 spiro atoms. The molecule has 2 heterocycles. The van der Waals surface area contributed by atoms with Crippen molar-refractivity contribution >= 4 is 28.5 Å². The minimum Gasteiger partial charge on any atom is -0.497 e. The van der Waals surface area contributed by atoms with Gasteiger partial charge in [0.1, 0.15) is 23.9 Å². The lowest BCUT2D eigenvalue weighted by molar-refractivity contribution is -0.140. The van der Waals surface area contributed by atoms with Crippen molar-refractivity contribution in [1.29, 1.82) is 0 Å². The van der Waals surface area contributed by atoms with Crippen molar-refractivity contribution in [3.63, 3.8) is 0 Å². The SMILES string of the molecule is CC[C@H](C(=O)Nc1ccc(OC)cc1)N(Cc1cccnc1)C(=O)Cn1nnc2ccccc21. The maximum absolute atomic E-state index is 13.5. The highest BCUT2D eigenvalue weighted by atomic mass is 16.5. The minimum atomic E-state index is -0.690. The van der Waals surface area contributed by atoms with Gasteiger partial charge in [0, 0.05) is 24.6 Å². The fraction of sp³-hybridized carbons (Fsp3) is 0.240. The molecule has 0 aliphatic rings. The molecule has 2 amide bonds. The van der Waals surface area contributed by atoms with Crippen LogP contribution in [0.5, 0.6) is 5.75 Å². The van der Waals surface area contributed by atoms with E-state index in [1.165, 1.54) is 0 Å². The molecule has 2 aromatic carbocycles. The van der Waals surface area contributed by atoms with E-state index in [1.54, 1.807) is 59.4 Å². The first-order valence-electron chi connectivity index (χ1n) is 11.0. The molecule has 4 aromatic rings. The van der Waals surface area contributed by atoms with Crippen molar-refractivity contribution in [1.82, 2.24) is 24.9 Å². The van der Waals surface area contributed by atoms with Crippen LogP contribution in [-0.2, 0) is 22.7 Å². The first-order valence-corrected chi connectivity index (χ1v) is 11.0. The van der Waals surface area contributed by atoms with Crippen LogP contribution in [0, 0.1) is 0 Å². The van der Waals surface area contributed by atoms with Crippen LogP contribution in [0.1, 0.15) is 18.9 Å². The number of anilines is 1. The van der Waals surface area contributed by atoms with Crippen molar-refractivity contribution in [2.45, 2.75) is 32.5 Å². The Hall–Kier alpha value is -4.27. The second-order valence-electron chi connectivity index (χ2n) is 7.76. The van der Waals surface area contributed by atoms with Crippen LogP contribution in [0.4, 0.5) is 5.69 Å². The number of pyridine rings is 1. The first kappa shape index (κ1) is 22.9. The molecule has 0 unspecified atom stereocenters. The number of para-hydroxylation sites is 1. The average Bonchev–Trinajstić information content (AvgIpc) is 3.27. The van der Waals surface area contributed by atoms with Gasteiger partial charge in [0.25, 0.3) is 0 Å². The number of carbonyl (C=O) groups excluding carboxylic acids is 2. The molecule has 0 aliphatic heterocycles. The summed E-state index contributed by atoms with van der Waals surface area (Å²) >= 11 is 0. The van der Waals surface area contributed by atoms with E-state index >= 15 is 0 Å². The number of amides is 2. The van der Waals surface area contributed by atoms with Crippen molar-refractivity contribution in [2.24, 2.45) is 0 Å². The lowest BCUT2D eigenvalue weighted by atomic mass is 10.1. The highest BCUT2D eigenvalue weighted by Gasteiger charge is 2.29. The fourth-order valence-electron chi connectivity index (χ4n) is 3.76. The zero-order valence-corrected chi connectivity index (χ0v) is 19.1. The molecule has 0 fully saturated rings. The van der Waals surface area contributed by atoms with E-state index < -0.39 is 6.04 Å². The Bertz CT molecular complexity index is 1260. The van der Waals surface area contributed by atoms with Crippen LogP contribution < -0.4 is 10.1 Å². The van der Waals surface area contributed by atoms with E-state index in [4.69, 9.17) is 4.74 Å². The number of ether oxygens (including phenoxy) is 1. The highest BCUT2D eigenvalue weighted by Crippen LogP contribution is 2.19. The van der Waals surface area contributed by atoms with Gasteiger partial charge in [0.15, 0.2) is 0 Å². The largest absolute Gasteiger partial charge is 0.497 e. The normalized spacial score (nSPS) is 11.7. The molecule has 9 heteroatoms.